The molecule has 2 rings (SSSR count). The van der Waals surface area contributed by atoms with E-state index in [0.29, 0.717) is 28.4 Å². The predicted octanol–water partition coefficient (Wildman–Crippen LogP) is 2.81. The van der Waals surface area contributed by atoms with Gasteiger partial charge in [0, 0.05) is 17.3 Å². The van der Waals surface area contributed by atoms with Crippen molar-refractivity contribution in [3.05, 3.63) is 48.0 Å². The lowest BCUT2D eigenvalue weighted by Gasteiger charge is -2.12. The molecule has 2 aromatic carbocycles. The number of anilines is 2. The zero-order valence-electron chi connectivity index (χ0n) is 13.8. The normalized spacial score (nSPS) is 9.64. The van der Waals surface area contributed by atoms with Crippen molar-refractivity contribution in [3.8, 4) is 17.6 Å². The molecule has 7 heteroatoms. The Morgan fingerprint density at radius 1 is 1.08 bits per heavy atom. The van der Waals surface area contributed by atoms with E-state index in [2.05, 4.69) is 10.6 Å². The van der Waals surface area contributed by atoms with Crippen LogP contribution in [-0.4, -0.2) is 26.0 Å². The summed E-state index contributed by atoms with van der Waals surface area (Å²) in [7, 11) is 3.03. The van der Waals surface area contributed by atoms with Crippen molar-refractivity contribution in [1.29, 1.82) is 5.26 Å². The van der Waals surface area contributed by atoms with E-state index in [9.17, 15) is 9.59 Å². The van der Waals surface area contributed by atoms with E-state index in [0.717, 1.165) is 0 Å². The van der Waals surface area contributed by atoms with E-state index in [-0.39, 0.29) is 12.3 Å². The second-order valence-electron chi connectivity index (χ2n) is 4.98. The molecule has 0 fully saturated rings. The van der Waals surface area contributed by atoms with Gasteiger partial charge in [0.15, 0.2) is 0 Å². The number of benzene rings is 2. The summed E-state index contributed by atoms with van der Waals surface area (Å²) in [5, 5.41) is 13.8. The molecular formula is C18H17N3O4. The molecule has 2 amide bonds. The zero-order valence-corrected chi connectivity index (χ0v) is 13.8. The fraction of sp³-hybridized carbons (Fsp3) is 0.167. The van der Waals surface area contributed by atoms with Gasteiger partial charge in [-0.2, -0.15) is 5.26 Å². The zero-order chi connectivity index (χ0) is 18.2. The third kappa shape index (κ3) is 4.72. The van der Waals surface area contributed by atoms with Crippen LogP contribution in [0.1, 0.15) is 16.8 Å². The van der Waals surface area contributed by atoms with Gasteiger partial charge in [0.05, 0.1) is 26.0 Å². The summed E-state index contributed by atoms with van der Waals surface area (Å²) in [6.45, 7) is 0. The molecule has 0 unspecified atom stereocenters. The van der Waals surface area contributed by atoms with Crippen LogP contribution in [0, 0.1) is 11.3 Å². The number of ether oxygens (including phenoxy) is 2. The van der Waals surface area contributed by atoms with Crippen molar-refractivity contribution in [2.75, 3.05) is 24.9 Å². The first-order valence-electron chi connectivity index (χ1n) is 7.37. The van der Waals surface area contributed by atoms with E-state index in [1.165, 1.54) is 20.3 Å². The minimum Gasteiger partial charge on any atom is -0.497 e. The monoisotopic (exact) mass is 339 g/mol. The van der Waals surface area contributed by atoms with Gasteiger partial charge in [0.25, 0.3) is 5.91 Å². The van der Waals surface area contributed by atoms with Gasteiger partial charge in [0.2, 0.25) is 5.91 Å². The molecule has 0 bridgehead atoms. The summed E-state index contributed by atoms with van der Waals surface area (Å²) in [5.41, 5.74) is 1.25. The standard InChI is InChI=1S/C18H17N3O4/c1-24-14-6-7-16(25-2)15(11-14)21-18(23)12-4-3-5-13(10-12)20-17(22)8-9-19/h3-7,10-11H,8H2,1-2H3,(H,20,22)(H,21,23). The third-order valence-electron chi connectivity index (χ3n) is 3.30. The maximum Gasteiger partial charge on any atom is 0.255 e. The molecule has 0 aromatic heterocycles. The number of nitrogens with zero attached hydrogens (tertiary/aromatic N) is 1. The van der Waals surface area contributed by atoms with Crippen LogP contribution in [0.4, 0.5) is 11.4 Å². The van der Waals surface area contributed by atoms with E-state index < -0.39 is 5.91 Å². The molecule has 25 heavy (non-hydrogen) atoms. The van der Waals surface area contributed by atoms with Gasteiger partial charge < -0.3 is 20.1 Å². The highest BCUT2D eigenvalue weighted by atomic mass is 16.5. The number of hydrogen-bond donors (Lipinski definition) is 2. The van der Waals surface area contributed by atoms with Crippen LogP contribution in [0.2, 0.25) is 0 Å². The first-order valence-corrected chi connectivity index (χ1v) is 7.37. The number of nitrogens with one attached hydrogen (secondary N) is 2. The third-order valence-corrected chi connectivity index (χ3v) is 3.30. The Bertz CT molecular complexity index is 827. The van der Waals surface area contributed by atoms with Crippen molar-refractivity contribution < 1.29 is 19.1 Å². The fourth-order valence-electron chi connectivity index (χ4n) is 2.12. The molecule has 0 aliphatic rings. The number of carbonyl (C=O) groups is 2. The number of hydrogen-bond acceptors (Lipinski definition) is 5. The Balaban J connectivity index is 2.19. The first kappa shape index (κ1) is 17.8. The molecule has 128 valence electrons. The van der Waals surface area contributed by atoms with Crippen LogP contribution in [-0.2, 0) is 4.79 Å². The minimum atomic E-state index is -0.436. The summed E-state index contributed by atoms with van der Waals surface area (Å²) < 4.78 is 10.4. The summed E-state index contributed by atoms with van der Waals surface area (Å²) in [4.78, 5) is 23.9. The summed E-state index contributed by atoms with van der Waals surface area (Å²) in [6, 6.07) is 13.2. The predicted molar refractivity (Wildman–Crippen MR) is 92.8 cm³/mol. The molecule has 0 saturated heterocycles. The lowest BCUT2D eigenvalue weighted by atomic mass is 10.1. The fourth-order valence-corrected chi connectivity index (χ4v) is 2.12. The largest absolute Gasteiger partial charge is 0.497 e. The van der Waals surface area contributed by atoms with Crippen LogP contribution >= 0.6 is 0 Å². The van der Waals surface area contributed by atoms with Gasteiger partial charge in [-0.25, -0.2) is 0 Å². The van der Waals surface area contributed by atoms with Crippen LogP contribution in [0.25, 0.3) is 0 Å². The molecule has 0 saturated carbocycles. The van der Waals surface area contributed by atoms with Crippen LogP contribution < -0.4 is 20.1 Å². The van der Waals surface area contributed by atoms with Gasteiger partial charge >= 0.3 is 0 Å². The average Bonchev–Trinajstić information content (AvgIpc) is 2.62. The lowest BCUT2D eigenvalue weighted by Crippen LogP contribution is -2.14. The summed E-state index contributed by atoms with van der Waals surface area (Å²) >= 11 is 0. The highest BCUT2D eigenvalue weighted by molar-refractivity contribution is 6.06. The van der Waals surface area contributed by atoms with Gasteiger partial charge in [-0.15, -0.1) is 0 Å². The van der Waals surface area contributed by atoms with Gasteiger partial charge in [0.1, 0.15) is 17.9 Å². The second-order valence-corrected chi connectivity index (χ2v) is 4.98. The minimum absolute atomic E-state index is 0.253. The maximum atomic E-state index is 12.5. The molecule has 0 spiro atoms. The van der Waals surface area contributed by atoms with Gasteiger partial charge in [-0.3, -0.25) is 9.59 Å². The molecular weight excluding hydrogens is 322 g/mol. The first-order chi connectivity index (χ1) is 12.1. The molecule has 2 N–H and O–H groups in total. The Hall–Kier alpha value is -3.53. The Kier molecular flexibility index (Phi) is 5.96. The van der Waals surface area contributed by atoms with E-state index in [1.54, 1.807) is 42.5 Å². The second kappa shape index (κ2) is 8.36. The molecule has 0 heterocycles. The van der Waals surface area contributed by atoms with Crippen molar-refractivity contribution in [3.63, 3.8) is 0 Å². The Morgan fingerprint density at radius 3 is 2.56 bits per heavy atom. The van der Waals surface area contributed by atoms with Crippen molar-refractivity contribution in [1.82, 2.24) is 0 Å². The summed E-state index contributed by atoms with van der Waals surface area (Å²) in [6.07, 6.45) is -0.253. The number of rotatable bonds is 6. The maximum absolute atomic E-state index is 12.5. The van der Waals surface area contributed by atoms with Crippen molar-refractivity contribution in [2.24, 2.45) is 0 Å². The smallest absolute Gasteiger partial charge is 0.255 e. The highest BCUT2D eigenvalue weighted by Gasteiger charge is 2.12. The van der Waals surface area contributed by atoms with E-state index in [1.807, 2.05) is 0 Å². The number of methoxy groups -OCH3 is 2. The Labute approximate surface area is 145 Å². The molecule has 2 aromatic rings. The number of amides is 2. The van der Waals surface area contributed by atoms with Crippen molar-refractivity contribution in [2.45, 2.75) is 6.42 Å². The van der Waals surface area contributed by atoms with Crippen LogP contribution in [0.5, 0.6) is 11.5 Å². The molecule has 0 radical (unpaired) electrons. The summed E-state index contributed by atoms with van der Waals surface area (Å²) in [5.74, 6) is 0.263. The molecule has 0 atom stereocenters. The number of nitriles is 1. The van der Waals surface area contributed by atoms with E-state index >= 15 is 0 Å². The molecule has 0 aliphatic carbocycles. The van der Waals surface area contributed by atoms with Gasteiger partial charge in [-0.1, -0.05) is 6.07 Å². The topological polar surface area (TPSA) is 100 Å². The van der Waals surface area contributed by atoms with Gasteiger partial charge in [-0.05, 0) is 30.3 Å². The van der Waals surface area contributed by atoms with E-state index in [4.69, 9.17) is 14.7 Å². The highest BCUT2D eigenvalue weighted by Crippen LogP contribution is 2.29. The SMILES string of the molecule is COc1ccc(OC)c(NC(=O)c2cccc(NC(=O)CC#N)c2)c1. The Morgan fingerprint density at radius 2 is 1.88 bits per heavy atom. The van der Waals surface area contributed by atoms with Crippen LogP contribution in [0.3, 0.4) is 0 Å². The van der Waals surface area contributed by atoms with Crippen molar-refractivity contribution >= 4 is 23.2 Å². The molecule has 0 aliphatic heterocycles. The quantitative estimate of drug-likeness (QED) is 0.843. The van der Waals surface area contributed by atoms with Crippen LogP contribution in [0.15, 0.2) is 42.5 Å². The number of carbonyl (C=O) groups excluding carboxylic acids is 2. The molecule has 7 nitrogen and oxygen atoms in total. The lowest BCUT2D eigenvalue weighted by molar-refractivity contribution is -0.115. The average molecular weight is 339 g/mol.